The molecule has 2 fully saturated rings. The lowest BCUT2D eigenvalue weighted by Gasteiger charge is -2.18. The van der Waals surface area contributed by atoms with E-state index in [-0.39, 0.29) is 24.2 Å². The van der Waals surface area contributed by atoms with E-state index in [4.69, 9.17) is 0 Å². The molecule has 3 heterocycles. The van der Waals surface area contributed by atoms with Crippen LogP contribution < -0.4 is 10.2 Å². The molecule has 0 radical (unpaired) electrons. The zero-order valence-corrected chi connectivity index (χ0v) is 15.3. The highest BCUT2D eigenvalue weighted by molar-refractivity contribution is 5.97. The van der Waals surface area contributed by atoms with Gasteiger partial charge in [-0.2, -0.15) is 0 Å². The third-order valence-electron chi connectivity index (χ3n) is 5.27. The van der Waals surface area contributed by atoms with E-state index >= 15 is 0 Å². The van der Waals surface area contributed by atoms with Crippen molar-refractivity contribution in [2.45, 2.75) is 25.8 Å². The number of likely N-dealkylation sites (tertiary alicyclic amines) is 1. The van der Waals surface area contributed by atoms with Crippen molar-refractivity contribution in [2.75, 3.05) is 29.9 Å². The van der Waals surface area contributed by atoms with Crippen LogP contribution in [0.3, 0.4) is 0 Å². The topological polar surface area (TPSA) is 65.5 Å². The first-order chi connectivity index (χ1) is 13.2. The summed E-state index contributed by atoms with van der Waals surface area (Å²) in [5, 5.41) is 2.95. The third kappa shape index (κ3) is 4.10. The number of pyridine rings is 1. The molecular weight excluding hydrogens is 340 g/mol. The summed E-state index contributed by atoms with van der Waals surface area (Å²) in [5.74, 6) is -0.412. The van der Waals surface area contributed by atoms with E-state index in [1.807, 2.05) is 42.5 Å². The van der Waals surface area contributed by atoms with Gasteiger partial charge < -0.3 is 15.1 Å². The molecule has 6 nitrogen and oxygen atoms in total. The minimum absolute atomic E-state index is 0.00480. The molecule has 1 N–H and O–H groups in total. The van der Waals surface area contributed by atoms with E-state index < -0.39 is 0 Å². The number of hydrogen-bond acceptors (Lipinski definition) is 4. The summed E-state index contributed by atoms with van der Waals surface area (Å²) < 4.78 is 0. The second-order valence-corrected chi connectivity index (χ2v) is 7.23. The molecule has 1 aromatic carbocycles. The predicted molar refractivity (Wildman–Crippen MR) is 104 cm³/mol. The molecule has 0 spiro atoms. The molecule has 0 aliphatic carbocycles. The second kappa shape index (κ2) is 7.78. The zero-order valence-electron chi connectivity index (χ0n) is 15.3. The molecule has 1 unspecified atom stereocenters. The second-order valence-electron chi connectivity index (χ2n) is 7.23. The number of rotatable bonds is 5. The highest BCUT2D eigenvalue weighted by Crippen LogP contribution is 2.24. The number of aromatic nitrogens is 1. The van der Waals surface area contributed by atoms with Crippen molar-refractivity contribution in [3.05, 3.63) is 54.4 Å². The Hall–Kier alpha value is -2.89. The SMILES string of the molecule is O=C(Nc1ccc(N2CCCC2)cc1)C1CC(=O)N(Cc2ccccn2)C1. The molecule has 0 bridgehead atoms. The zero-order chi connectivity index (χ0) is 18.6. The van der Waals surface area contributed by atoms with Gasteiger partial charge in [0.25, 0.3) is 0 Å². The Morgan fingerprint density at radius 2 is 1.89 bits per heavy atom. The lowest BCUT2D eigenvalue weighted by Crippen LogP contribution is -2.28. The van der Waals surface area contributed by atoms with Crippen molar-refractivity contribution >= 4 is 23.2 Å². The first-order valence-corrected chi connectivity index (χ1v) is 9.52. The normalized spacial score (nSPS) is 19.6. The Bertz CT molecular complexity index is 801. The minimum atomic E-state index is -0.320. The molecule has 1 atom stereocenters. The van der Waals surface area contributed by atoms with E-state index in [1.165, 1.54) is 18.5 Å². The molecule has 1 aromatic heterocycles. The molecule has 2 saturated heterocycles. The average Bonchev–Trinajstić information content (AvgIpc) is 3.34. The van der Waals surface area contributed by atoms with Crippen LogP contribution in [0.1, 0.15) is 25.0 Å². The lowest BCUT2D eigenvalue weighted by atomic mass is 10.1. The van der Waals surface area contributed by atoms with Crippen LogP contribution in [0.25, 0.3) is 0 Å². The van der Waals surface area contributed by atoms with Gasteiger partial charge in [-0.1, -0.05) is 6.07 Å². The summed E-state index contributed by atoms with van der Waals surface area (Å²) in [5.41, 5.74) is 2.81. The fourth-order valence-corrected chi connectivity index (χ4v) is 3.76. The van der Waals surface area contributed by atoms with Crippen LogP contribution >= 0.6 is 0 Å². The van der Waals surface area contributed by atoms with Gasteiger partial charge >= 0.3 is 0 Å². The average molecular weight is 364 g/mol. The molecular formula is C21H24N4O2. The van der Waals surface area contributed by atoms with Crippen molar-refractivity contribution in [1.82, 2.24) is 9.88 Å². The van der Waals surface area contributed by atoms with E-state index in [0.717, 1.165) is 24.5 Å². The number of nitrogens with one attached hydrogen (secondary N) is 1. The largest absolute Gasteiger partial charge is 0.372 e. The highest BCUT2D eigenvalue weighted by atomic mass is 16.2. The van der Waals surface area contributed by atoms with Crippen LogP contribution in [-0.4, -0.2) is 41.3 Å². The Labute approximate surface area is 159 Å². The summed E-state index contributed by atoms with van der Waals surface area (Å²) in [6.45, 7) is 3.09. The molecule has 2 amide bonds. The van der Waals surface area contributed by atoms with Gasteiger partial charge in [0, 0.05) is 43.6 Å². The number of amides is 2. The number of benzene rings is 1. The highest BCUT2D eigenvalue weighted by Gasteiger charge is 2.34. The van der Waals surface area contributed by atoms with Gasteiger partial charge in [-0.05, 0) is 49.2 Å². The summed E-state index contributed by atoms with van der Waals surface area (Å²) in [7, 11) is 0. The van der Waals surface area contributed by atoms with Crippen molar-refractivity contribution in [3.8, 4) is 0 Å². The first kappa shape index (κ1) is 17.5. The Morgan fingerprint density at radius 3 is 2.59 bits per heavy atom. The summed E-state index contributed by atoms with van der Waals surface area (Å²) in [6, 6.07) is 13.6. The molecule has 140 valence electrons. The van der Waals surface area contributed by atoms with Crippen LogP contribution in [0.4, 0.5) is 11.4 Å². The molecule has 27 heavy (non-hydrogen) atoms. The quantitative estimate of drug-likeness (QED) is 0.886. The number of anilines is 2. The molecule has 2 aromatic rings. The molecule has 0 saturated carbocycles. The van der Waals surface area contributed by atoms with Crippen LogP contribution in [0.5, 0.6) is 0 Å². The van der Waals surface area contributed by atoms with Crippen molar-refractivity contribution in [2.24, 2.45) is 5.92 Å². The first-order valence-electron chi connectivity index (χ1n) is 9.52. The van der Waals surface area contributed by atoms with Crippen LogP contribution in [0.15, 0.2) is 48.7 Å². The number of hydrogen-bond donors (Lipinski definition) is 1. The van der Waals surface area contributed by atoms with Gasteiger partial charge in [-0.25, -0.2) is 0 Å². The van der Waals surface area contributed by atoms with Gasteiger partial charge in [0.1, 0.15) is 0 Å². The van der Waals surface area contributed by atoms with Gasteiger partial charge in [0.15, 0.2) is 0 Å². The Morgan fingerprint density at radius 1 is 1.11 bits per heavy atom. The Balaban J connectivity index is 1.33. The van der Waals surface area contributed by atoms with Gasteiger partial charge in [-0.3, -0.25) is 14.6 Å². The van der Waals surface area contributed by atoms with Crippen LogP contribution in [-0.2, 0) is 16.1 Å². The smallest absolute Gasteiger partial charge is 0.229 e. The van der Waals surface area contributed by atoms with E-state index in [1.54, 1.807) is 11.1 Å². The lowest BCUT2D eigenvalue weighted by molar-refractivity contribution is -0.128. The fraction of sp³-hybridized carbons (Fsp3) is 0.381. The maximum Gasteiger partial charge on any atom is 0.229 e. The van der Waals surface area contributed by atoms with E-state index in [0.29, 0.717) is 13.1 Å². The standard InChI is InChI=1S/C21H24N4O2/c26-20-13-16(14-25(20)15-18-5-1-2-10-22-18)21(27)23-17-6-8-19(9-7-17)24-11-3-4-12-24/h1-2,5-10,16H,3-4,11-15H2,(H,23,27). The van der Waals surface area contributed by atoms with E-state index in [9.17, 15) is 9.59 Å². The van der Waals surface area contributed by atoms with Crippen LogP contribution in [0, 0.1) is 5.92 Å². The predicted octanol–water partition coefficient (Wildman–Crippen LogP) is 2.67. The molecule has 6 heteroatoms. The fourth-order valence-electron chi connectivity index (χ4n) is 3.76. The van der Waals surface area contributed by atoms with Gasteiger partial charge in [0.05, 0.1) is 18.2 Å². The summed E-state index contributed by atoms with van der Waals surface area (Å²) in [6.07, 6.45) is 4.45. The molecule has 2 aliphatic heterocycles. The van der Waals surface area contributed by atoms with Crippen molar-refractivity contribution < 1.29 is 9.59 Å². The Kier molecular flexibility index (Phi) is 5.05. The maximum absolute atomic E-state index is 12.6. The molecule has 4 rings (SSSR count). The summed E-state index contributed by atoms with van der Waals surface area (Å²) >= 11 is 0. The number of carbonyl (C=O) groups is 2. The number of carbonyl (C=O) groups excluding carboxylic acids is 2. The van der Waals surface area contributed by atoms with Gasteiger partial charge in [0.2, 0.25) is 11.8 Å². The van der Waals surface area contributed by atoms with Crippen molar-refractivity contribution in [3.63, 3.8) is 0 Å². The van der Waals surface area contributed by atoms with E-state index in [2.05, 4.69) is 15.2 Å². The van der Waals surface area contributed by atoms with Gasteiger partial charge in [-0.15, -0.1) is 0 Å². The van der Waals surface area contributed by atoms with Crippen LogP contribution in [0.2, 0.25) is 0 Å². The monoisotopic (exact) mass is 364 g/mol. The minimum Gasteiger partial charge on any atom is -0.372 e. The third-order valence-corrected chi connectivity index (χ3v) is 5.27. The number of nitrogens with zero attached hydrogens (tertiary/aromatic N) is 3. The maximum atomic E-state index is 12.6. The molecule has 2 aliphatic rings. The van der Waals surface area contributed by atoms with Crippen molar-refractivity contribution in [1.29, 1.82) is 0 Å². The summed E-state index contributed by atoms with van der Waals surface area (Å²) in [4.78, 5) is 33.2.